The molecule has 3 N–H and O–H groups in total. The highest BCUT2D eigenvalue weighted by Crippen LogP contribution is 2.68. The number of rotatable bonds is 2. The van der Waals surface area contributed by atoms with Crippen molar-refractivity contribution < 1.29 is 15.3 Å². The van der Waals surface area contributed by atoms with Gasteiger partial charge in [-0.2, -0.15) is 0 Å². The molecule has 4 fully saturated rings. The zero-order valence-corrected chi connectivity index (χ0v) is 15.5. The van der Waals surface area contributed by atoms with Crippen LogP contribution in [0, 0.1) is 34.5 Å². The highest BCUT2D eigenvalue weighted by molar-refractivity contribution is 5.13. The Morgan fingerprint density at radius 3 is 2.42 bits per heavy atom. The van der Waals surface area contributed by atoms with E-state index in [1.807, 2.05) is 0 Å². The van der Waals surface area contributed by atoms with E-state index in [1.54, 1.807) is 0 Å². The summed E-state index contributed by atoms with van der Waals surface area (Å²) in [5, 5.41) is 30.9. The molecule has 0 amide bonds. The Hall–Kier alpha value is -0.120. The first kappa shape index (κ1) is 17.3. The molecule has 0 aliphatic heterocycles. The van der Waals surface area contributed by atoms with Crippen LogP contribution >= 0.6 is 0 Å². The first-order valence-corrected chi connectivity index (χ1v) is 10.4. The fourth-order valence-corrected chi connectivity index (χ4v) is 7.94. The van der Waals surface area contributed by atoms with Gasteiger partial charge < -0.3 is 15.3 Å². The van der Waals surface area contributed by atoms with Gasteiger partial charge in [0.25, 0.3) is 0 Å². The topological polar surface area (TPSA) is 60.7 Å². The van der Waals surface area contributed by atoms with Gasteiger partial charge in [0.15, 0.2) is 0 Å². The van der Waals surface area contributed by atoms with Crippen LogP contribution in [0.15, 0.2) is 0 Å². The molecule has 0 unspecified atom stereocenters. The Labute approximate surface area is 146 Å². The summed E-state index contributed by atoms with van der Waals surface area (Å²) in [7, 11) is 0. The average molecular weight is 337 g/mol. The maximum Gasteiger partial charge on any atom is 0.0725 e. The largest absolute Gasteiger partial charge is 0.396 e. The molecule has 0 spiro atoms. The summed E-state index contributed by atoms with van der Waals surface area (Å²) in [6.07, 6.45) is 10.5. The van der Waals surface area contributed by atoms with Gasteiger partial charge in [-0.05, 0) is 98.7 Å². The zero-order chi connectivity index (χ0) is 17.2. The minimum Gasteiger partial charge on any atom is -0.396 e. The van der Waals surface area contributed by atoms with Crippen molar-refractivity contribution in [1.82, 2.24) is 0 Å². The molecule has 3 heteroatoms. The summed E-state index contributed by atoms with van der Waals surface area (Å²) in [5.74, 6) is 2.84. The average Bonchev–Trinajstić information content (AvgIpc) is 2.80. The van der Waals surface area contributed by atoms with Crippen molar-refractivity contribution in [1.29, 1.82) is 0 Å². The monoisotopic (exact) mass is 336 g/mol. The number of aliphatic hydroxyl groups excluding tert-OH is 2. The summed E-state index contributed by atoms with van der Waals surface area (Å²) in [4.78, 5) is 0. The summed E-state index contributed by atoms with van der Waals surface area (Å²) < 4.78 is 0. The second-order valence-corrected chi connectivity index (χ2v) is 10.1. The predicted octanol–water partition coefficient (Wildman–Crippen LogP) is 3.50. The van der Waals surface area contributed by atoms with E-state index in [1.165, 1.54) is 25.7 Å². The van der Waals surface area contributed by atoms with Gasteiger partial charge >= 0.3 is 0 Å². The van der Waals surface area contributed by atoms with E-state index in [9.17, 15) is 15.3 Å². The zero-order valence-electron chi connectivity index (χ0n) is 15.5. The van der Waals surface area contributed by atoms with E-state index < -0.39 is 5.60 Å². The predicted molar refractivity (Wildman–Crippen MR) is 94.4 cm³/mol. The van der Waals surface area contributed by atoms with Crippen molar-refractivity contribution in [3.05, 3.63) is 0 Å². The van der Waals surface area contributed by atoms with E-state index in [0.29, 0.717) is 23.7 Å². The quantitative estimate of drug-likeness (QED) is 0.723. The van der Waals surface area contributed by atoms with Gasteiger partial charge in [-0.1, -0.05) is 13.8 Å². The molecule has 4 aliphatic rings. The minimum absolute atomic E-state index is 0.00568. The van der Waals surface area contributed by atoms with Gasteiger partial charge in [-0.15, -0.1) is 0 Å². The summed E-state index contributed by atoms with van der Waals surface area (Å²) >= 11 is 0. The molecular formula is C21H36O3. The smallest absolute Gasteiger partial charge is 0.0725 e. The lowest BCUT2D eigenvalue weighted by molar-refractivity contribution is -0.162. The summed E-state index contributed by atoms with van der Waals surface area (Å²) in [6.45, 7) is 4.93. The van der Waals surface area contributed by atoms with Crippen LogP contribution in [0.2, 0.25) is 0 Å². The molecule has 0 radical (unpaired) electrons. The van der Waals surface area contributed by atoms with E-state index in [-0.39, 0.29) is 18.1 Å². The first-order valence-electron chi connectivity index (χ1n) is 10.4. The molecule has 0 bridgehead atoms. The summed E-state index contributed by atoms with van der Waals surface area (Å²) in [5.41, 5.74) is -0.257. The maximum absolute atomic E-state index is 11.3. The van der Waals surface area contributed by atoms with Crippen LogP contribution in [0.5, 0.6) is 0 Å². The van der Waals surface area contributed by atoms with Gasteiger partial charge in [0.05, 0.1) is 11.7 Å². The minimum atomic E-state index is -0.655. The Balaban J connectivity index is 1.61. The Morgan fingerprint density at radius 1 is 0.917 bits per heavy atom. The lowest BCUT2D eigenvalue weighted by atomic mass is 9.44. The van der Waals surface area contributed by atoms with Crippen LogP contribution in [0.25, 0.3) is 0 Å². The van der Waals surface area contributed by atoms with Crippen LogP contribution in [0.4, 0.5) is 0 Å². The molecule has 0 heterocycles. The molecule has 0 aromatic rings. The highest BCUT2D eigenvalue weighted by atomic mass is 16.3. The van der Waals surface area contributed by atoms with Crippen molar-refractivity contribution in [2.75, 3.05) is 6.61 Å². The van der Waals surface area contributed by atoms with Crippen molar-refractivity contribution in [2.45, 2.75) is 89.8 Å². The van der Waals surface area contributed by atoms with Gasteiger partial charge in [-0.25, -0.2) is 0 Å². The Morgan fingerprint density at radius 2 is 1.67 bits per heavy atom. The molecule has 138 valence electrons. The normalized spacial score (nSPS) is 57.1. The highest BCUT2D eigenvalue weighted by Gasteiger charge is 2.64. The van der Waals surface area contributed by atoms with Crippen molar-refractivity contribution in [3.63, 3.8) is 0 Å². The number of hydrogen-bond donors (Lipinski definition) is 3. The second kappa shape index (κ2) is 5.69. The van der Waals surface area contributed by atoms with Crippen LogP contribution < -0.4 is 0 Å². The molecule has 0 aromatic heterocycles. The molecule has 8 atom stereocenters. The second-order valence-electron chi connectivity index (χ2n) is 10.1. The molecular weight excluding hydrogens is 300 g/mol. The molecule has 0 aromatic carbocycles. The van der Waals surface area contributed by atoms with Gasteiger partial charge in [0.1, 0.15) is 0 Å². The standard InChI is InChI=1S/C21H36O3/c1-19-8-5-15(23)13-14(19)3-4-16-17(19)6-9-20(2)18(16)7-10-21(20,24)11-12-22/h14-18,22-24H,3-13H2,1-2H3/t14-,15-,16+,17-,18-,19-,20-,21+/m0/s1. The van der Waals surface area contributed by atoms with Gasteiger partial charge in [0, 0.05) is 6.61 Å². The number of hydrogen-bond acceptors (Lipinski definition) is 3. The SMILES string of the molecule is C[C@]12CC[C@H](O)C[C@@H]1CC[C@@H]1[C@@H]2CC[C@@]2(C)[C@H]1CC[C@@]2(O)CCO. The van der Waals surface area contributed by atoms with E-state index >= 15 is 0 Å². The molecule has 0 saturated heterocycles. The third-order valence-corrected chi connectivity index (χ3v) is 9.49. The van der Waals surface area contributed by atoms with E-state index in [0.717, 1.165) is 43.9 Å². The lowest BCUT2D eigenvalue weighted by Gasteiger charge is -2.61. The first-order chi connectivity index (χ1) is 11.3. The summed E-state index contributed by atoms with van der Waals surface area (Å²) in [6, 6.07) is 0. The number of aliphatic hydroxyl groups is 3. The molecule has 4 aliphatic carbocycles. The fraction of sp³-hybridized carbons (Fsp3) is 1.00. The molecule has 24 heavy (non-hydrogen) atoms. The van der Waals surface area contributed by atoms with Crippen molar-refractivity contribution in [3.8, 4) is 0 Å². The van der Waals surface area contributed by atoms with Gasteiger partial charge in [0.2, 0.25) is 0 Å². The van der Waals surface area contributed by atoms with Gasteiger partial charge in [-0.3, -0.25) is 0 Å². The van der Waals surface area contributed by atoms with Crippen LogP contribution in [-0.2, 0) is 0 Å². The lowest BCUT2D eigenvalue weighted by Crippen LogP contribution is -2.57. The van der Waals surface area contributed by atoms with Crippen LogP contribution in [0.3, 0.4) is 0 Å². The van der Waals surface area contributed by atoms with E-state index in [2.05, 4.69) is 13.8 Å². The Kier molecular flexibility index (Phi) is 4.10. The Bertz CT molecular complexity index is 491. The molecule has 4 saturated carbocycles. The van der Waals surface area contributed by atoms with Crippen LogP contribution in [0.1, 0.15) is 78.1 Å². The molecule has 4 rings (SSSR count). The van der Waals surface area contributed by atoms with Crippen molar-refractivity contribution in [2.24, 2.45) is 34.5 Å². The number of fused-ring (bicyclic) bond motifs is 5. The van der Waals surface area contributed by atoms with E-state index in [4.69, 9.17) is 0 Å². The van der Waals surface area contributed by atoms with Crippen LogP contribution in [-0.4, -0.2) is 33.6 Å². The maximum atomic E-state index is 11.3. The fourth-order valence-electron chi connectivity index (χ4n) is 7.94. The molecule has 3 nitrogen and oxygen atoms in total. The third kappa shape index (κ3) is 2.20. The van der Waals surface area contributed by atoms with Crippen molar-refractivity contribution >= 4 is 0 Å². The third-order valence-electron chi connectivity index (χ3n) is 9.49.